The first-order valence-corrected chi connectivity index (χ1v) is 9.80. The molecule has 0 aliphatic heterocycles. The summed E-state index contributed by atoms with van der Waals surface area (Å²) in [5, 5.41) is 12.6. The van der Waals surface area contributed by atoms with Gasteiger partial charge in [-0.25, -0.2) is 0 Å². The molecule has 1 radical (unpaired) electrons. The Morgan fingerprint density at radius 1 is 0.452 bits per heavy atom. The first kappa shape index (κ1) is 27.8. The molecule has 31 heavy (non-hydrogen) atoms. The van der Waals surface area contributed by atoms with Gasteiger partial charge in [0, 0.05) is 0 Å². The Hall–Kier alpha value is -3.20. The van der Waals surface area contributed by atoms with E-state index in [1.54, 1.807) is 18.2 Å². The molecule has 3 nitrogen and oxygen atoms in total. The van der Waals surface area contributed by atoms with Gasteiger partial charge in [0.25, 0.3) is 0 Å². The molecule has 0 saturated heterocycles. The number of hydrogen-bond donors (Lipinski definition) is 0. The zero-order chi connectivity index (χ0) is 21.7. The predicted molar refractivity (Wildman–Crippen MR) is 134 cm³/mol. The minimum Gasteiger partial charge on any atom is -0.681 e. The maximum Gasteiger partial charge on any atom is 3.00 e. The third kappa shape index (κ3) is 15.3. The van der Waals surface area contributed by atoms with Crippen molar-refractivity contribution in [3.05, 3.63) is 145 Å². The van der Waals surface area contributed by atoms with Gasteiger partial charge in [-0.15, -0.1) is 74.7 Å². The van der Waals surface area contributed by atoms with Crippen molar-refractivity contribution in [3.8, 4) is 0 Å². The summed E-state index contributed by atoms with van der Waals surface area (Å²) in [5.41, 5.74) is 3.05. The van der Waals surface area contributed by atoms with E-state index in [2.05, 4.69) is 35.7 Å². The molecule has 0 atom stereocenters. The molecule has 0 aliphatic rings. The van der Waals surface area contributed by atoms with Crippen LogP contribution < -0.4 is 0 Å². The Balaban J connectivity index is 0.000000429. The average Bonchev–Trinajstić information content (AvgIpc) is 2.83. The average molecular weight is 452 g/mol. The van der Waals surface area contributed by atoms with Crippen molar-refractivity contribution in [2.24, 2.45) is 0 Å². The molecule has 3 aromatic carbocycles. The SMILES string of the molecule is C=CC[N-]c1ccccc1.C=CC[N-]c1ccccc1.C=CC[N-]c1ccccc1.[Fe+3]. The molecular weight excluding hydrogens is 422 g/mol. The molecule has 4 heteroatoms. The maximum atomic E-state index is 4.21. The smallest absolute Gasteiger partial charge is 0.681 e. The Morgan fingerprint density at radius 3 is 0.871 bits per heavy atom. The molecule has 0 aromatic heterocycles. The van der Waals surface area contributed by atoms with Crippen molar-refractivity contribution >= 4 is 17.1 Å². The van der Waals surface area contributed by atoms with E-state index in [1.807, 2.05) is 91.0 Å². The number of para-hydroxylation sites is 3. The summed E-state index contributed by atoms with van der Waals surface area (Å²) in [6.07, 6.45) is 5.35. The monoisotopic (exact) mass is 452 g/mol. The molecule has 3 aromatic rings. The molecule has 0 bridgehead atoms. The van der Waals surface area contributed by atoms with Crippen LogP contribution in [0.15, 0.2) is 129 Å². The van der Waals surface area contributed by atoms with Gasteiger partial charge < -0.3 is 16.0 Å². The predicted octanol–water partition coefficient (Wildman–Crippen LogP) is 8.63. The van der Waals surface area contributed by atoms with Gasteiger partial charge >= 0.3 is 17.1 Å². The van der Waals surface area contributed by atoms with Gasteiger partial charge in [-0.3, -0.25) is 0 Å². The van der Waals surface area contributed by atoms with Gasteiger partial charge in [0.2, 0.25) is 0 Å². The fraction of sp³-hybridized carbons (Fsp3) is 0.111. The van der Waals surface area contributed by atoms with Crippen LogP contribution in [-0.4, -0.2) is 19.6 Å². The van der Waals surface area contributed by atoms with Gasteiger partial charge in [-0.2, -0.15) is 0 Å². The van der Waals surface area contributed by atoms with Gasteiger partial charge in [0.15, 0.2) is 0 Å². The molecule has 0 fully saturated rings. The minimum absolute atomic E-state index is 0. The standard InChI is InChI=1S/3C9H10N.Fe/c3*1-2-8-10-9-6-4-3-5-7-9;/h3*2-7H,1,8H2;/q3*-1;+3. The molecule has 0 heterocycles. The quantitative estimate of drug-likeness (QED) is 0.230. The van der Waals surface area contributed by atoms with Crippen molar-refractivity contribution in [2.45, 2.75) is 0 Å². The van der Waals surface area contributed by atoms with Crippen molar-refractivity contribution in [3.63, 3.8) is 0 Å². The molecule has 161 valence electrons. The van der Waals surface area contributed by atoms with E-state index in [0.717, 1.165) is 17.1 Å². The fourth-order valence-electron chi connectivity index (χ4n) is 2.11. The summed E-state index contributed by atoms with van der Waals surface area (Å²) < 4.78 is 0. The molecule has 0 amide bonds. The number of benzene rings is 3. The second kappa shape index (κ2) is 20.1. The number of hydrogen-bond acceptors (Lipinski definition) is 0. The maximum absolute atomic E-state index is 4.21. The molecule has 0 saturated carbocycles. The van der Waals surface area contributed by atoms with Crippen LogP contribution in [-0.2, 0) is 17.1 Å². The number of rotatable bonds is 9. The van der Waals surface area contributed by atoms with Crippen molar-refractivity contribution < 1.29 is 17.1 Å². The van der Waals surface area contributed by atoms with Crippen molar-refractivity contribution in [1.82, 2.24) is 0 Å². The third-order valence-electron chi connectivity index (χ3n) is 3.48. The second-order valence-electron chi connectivity index (χ2n) is 5.89. The number of nitrogens with zero attached hydrogens (tertiary/aromatic N) is 3. The summed E-state index contributed by atoms with van der Waals surface area (Å²) in [4.78, 5) is 0. The zero-order valence-corrected chi connectivity index (χ0v) is 18.9. The first-order chi connectivity index (χ1) is 14.8. The van der Waals surface area contributed by atoms with E-state index in [1.165, 1.54) is 0 Å². The zero-order valence-electron chi connectivity index (χ0n) is 17.8. The van der Waals surface area contributed by atoms with Crippen LogP contribution in [0.25, 0.3) is 16.0 Å². The molecule has 0 N–H and O–H groups in total. The summed E-state index contributed by atoms with van der Waals surface area (Å²) in [6.45, 7) is 12.8. The van der Waals surface area contributed by atoms with E-state index in [-0.39, 0.29) is 17.1 Å². The van der Waals surface area contributed by atoms with Crippen LogP contribution in [0, 0.1) is 0 Å². The molecule has 3 rings (SSSR count). The summed E-state index contributed by atoms with van der Waals surface area (Å²) in [7, 11) is 0. The van der Waals surface area contributed by atoms with Crippen LogP contribution in [0.5, 0.6) is 0 Å². The van der Waals surface area contributed by atoms with E-state index in [0.29, 0.717) is 19.6 Å². The van der Waals surface area contributed by atoms with Crippen LogP contribution >= 0.6 is 0 Å². The minimum atomic E-state index is 0. The third-order valence-corrected chi connectivity index (χ3v) is 3.48. The van der Waals surface area contributed by atoms with Crippen LogP contribution in [0.2, 0.25) is 0 Å². The Bertz CT molecular complexity index is 693. The molecule has 0 unspecified atom stereocenters. The van der Waals surface area contributed by atoms with Gasteiger partial charge in [0.05, 0.1) is 0 Å². The largest absolute Gasteiger partial charge is 3.00 e. The van der Waals surface area contributed by atoms with E-state index < -0.39 is 0 Å². The van der Waals surface area contributed by atoms with E-state index >= 15 is 0 Å². The molecule has 0 aliphatic carbocycles. The normalized spacial score (nSPS) is 8.52. The van der Waals surface area contributed by atoms with Crippen LogP contribution in [0.1, 0.15) is 0 Å². The second-order valence-corrected chi connectivity index (χ2v) is 5.89. The van der Waals surface area contributed by atoms with E-state index in [4.69, 9.17) is 0 Å². The van der Waals surface area contributed by atoms with Crippen LogP contribution in [0.4, 0.5) is 17.1 Å². The topological polar surface area (TPSA) is 42.3 Å². The molecule has 0 spiro atoms. The summed E-state index contributed by atoms with van der Waals surface area (Å²) in [5.74, 6) is 0. The van der Waals surface area contributed by atoms with Crippen LogP contribution in [0.3, 0.4) is 0 Å². The van der Waals surface area contributed by atoms with E-state index in [9.17, 15) is 0 Å². The van der Waals surface area contributed by atoms with Gasteiger partial charge in [-0.05, 0) is 0 Å². The van der Waals surface area contributed by atoms with Crippen molar-refractivity contribution in [1.29, 1.82) is 0 Å². The molecular formula is C27H30FeN3. The Morgan fingerprint density at radius 2 is 0.677 bits per heavy atom. The summed E-state index contributed by atoms with van der Waals surface area (Å²) >= 11 is 0. The van der Waals surface area contributed by atoms with Gasteiger partial charge in [0.1, 0.15) is 0 Å². The Labute approximate surface area is 198 Å². The summed E-state index contributed by atoms with van der Waals surface area (Å²) in [6, 6.07) is 29.6. The fourth-order valence-corrected chi connectivity index (χ4v) is 2.11. The Kier molecular flexibility index (Phi) is 18.0. The van der Waals surface area contributed by atoms with Crippen molar-refractivity contribution in [2.75, 3.05) is 19.6 Å². The first-order valence-electron chi connectivity index (χ1n) is 9.80. The van der Waals surface area contributed by atoms with Gasteiger partial charge in [-0.1, -0.05) is 91.0 Å².